The first-order valence-electron chi connectivity index (χ1n) is 8.24. The number of carbonyl (C=O) groups excluding carboxylic acids is 1. The second-order valence-corrected chi connectivity index (χ2v) is 6.00. The molecule has 0 fully saturated rings. The van der Waals surface area contributed by atoms with Crippen LogP contribution < -0.4 is 5.32 Å². The quantitative estimate of drug-likeness (QED) is 0.821. The van der Waals surface area contributed by atoms with Crippen molar-refractivity contribution in [3.63, 3.8) is 0 Å². The van der Waals surface area contributed by atoms with E-state index in [-0.39, 0.29) is 11.9 Å². The third kappa shape index (κ3) is 4.93. The Morgan fingerprint density at radius 1 is 1.09 bits per heavy atom. The molecule has 1 amide bonds. The third-order valence-corrected chi connectivity index (χ3v) is 3.99. The molecule has 0 aliphatic carbocycles. The minimum absolute atomic E-state index is 0.0126. The van der Waals surface area contributed by atoms with Gasteiger partial charge in [-0.05, 0) is 44.6 Å². The van der Waals surface area contributed by atoms with Gasteiger partial charge in [-0.3, -0.25) is 9.69 Å². The molecule has 0 saturated heterocycles. The van der Waals surface area contributed by atoms with Crippen molar-refractivity contribution >= 4 is 11.6 Å². The molecule has 0 unspecified atom stereocenters. The third-order valence-electron chi connectivity index (χ3n) is 3.99. The summed E-state index contributed by atoms with van der Waals surface area (Å²) in [5, 5.41) is 3.04. The maximum Gasteiger partial charge on any atom is 0.246 e. The number of hydrogen-bond acceptors (Lipinski definition) is 2. The van der Waals surface area contributed by atoms with Gasteiger partial charge in [-0.2, -0.15) is 0 Å². The van der Waals surface area contributed by atoms with E-state index in [9.17, 15) is 4.79 Å². The molecule has 0 saturated carbocycles. The van der Waals surface area contributed by atoms with Crippen LogP contribution >= 0.6 is 0 Å². The van der Waals surface area contributed by atoms with E-state index in [0.29, 0.717) is 0 Å². The number of rotatable bonds is 7. The van der Waals surface area contributed by atoms with E-state index in [0.717, 1.165) is 30.6 Å². The van der Waals surface area contributed by atoms with Gasteiger partial charge in [0.1, 0.15) is 6.04 Å². The van der Waals surface area contributed by atoms with Crippen LogP contribution in [0.5, 0.6) is 0 Å². The van der Waals surface area contributed by atoms with Crippen molar-refractivity contribution in [3.8, 4) is 0 Å². The molecule has 0 radical (unpaired) electrons. The standard InChI is InChI=1S/C20H26N2O/c1-4-5-15-22(3)19(17-9-7-6-8-10-17)20(23)21-18-13-11-16(2)12-14-18/h6-14,19H,4-5,15H2,1-3H3,(H,21,23)/t19-/m1/s1. The molecule has 23 heavy (non-hydrogen) atoms. The number of anilines is 1. The maximum absolute atomic E-state index is 12.8. The summed E-state index contributed by atoms with van der Waals surface area (Å²) in [6, 6.07) is 17.6. The molecule has 2 rings (SSSR count). The smallest absolute Gasteiger partial charge is 0.246 e. The lowest BCUT2D eigenvalue weighted by molar-refractivity contribution is -0.121. The van der Waals surface area contributed by atoms with E-state index in [2.05, 4.69) is 17.1 Å². The summed E-state index contributed by atoms with van der Waals surface area (Å²) in [6.07, 6.45) is 2.20. The first-order chi connectivity index (χ1) is 11.1. The van der Waals surface area contributed by atoms with Crippen LogP contribution in [0.15, 0.2) is 54.6 Å². The average molecular weight is 310 g/mol. The number of aryl methyl sites for hydroxylation is 1. The van der Waals surface area contributed by atoms with Gasteiger partial charge in [0.2, 0.25) is 5.91 Å². The number of benzene rings is 2. The van der Waals surface area contributed by atoms with Crippen molar-refractivity contribution < 1.29 is 4.79 Å². The molecule has 3 heteroatoms. The Morgan fingerprint density at radius 3 is 2.35 bits per heavy atom. The molecule has 2 aromatic carbocycles. The van der Waals surface area contributed by atoms with E-state index in [1.165, 1.54) is 5.56 Å². The summed E-state index contributed by atoms with van der Waals surface area (Å²) in [4.78, 5) is 15.0. The van der Waals surface area contributed by atoms with Crippen LogP contribution in [-0.2, 0) is 4.79 Å². The Morgan fingerprint density at radius 2 is 1.74 bits per heavy atom. The van der Waals surface area contributed by atoms with Gasteiger partial charge in [0.15, 0.2) is 0 Å². The zero-order chi connectivity index (χ0) is 16.7. The van der Waals surface area contributed by atoms with E-state index in [4.69, 9.17) is 0 Å². The molecular formula is C20H26N2O. The molecular weight excluding hydrogens is 284 g/mol. The fraction of sp³-hybridized carbons (Fsp3) is 0.350. The van der Waals surface area contributed by atoms with E-state index < -0.39 is 0 Å². The van der Waals surface area contributed by atoms with E-state index in [1.54, 1.807) is 0 Å². The minimum atomic E-state index is -0.274. The summed E-state index contributed by atoms with van der Waals surface area (Å²) in [7, 11) is 2.02. The summed E-state index contributed by atoms with van der Waals surface area (Å²) in [5.74, 6) is 0.0126. The molecule has 122 valence electrons. The molecule has 3 nitrogen and oxygen atoms in total. The number of amides is 1. The second kappa shape index (κ2) is 8.49. The highest BCUT2D eigenvalue weighted by Crippen LogP contribution is 2.22. The van der Waals surface area contributed by atoms with Gasteiger partial charge < -0.3 is 5.32 Å². The fourth-order valence-electron chi connectivity index (χ4n) is 2.63. The van der Waals surface area contributed by atoms with Gasteiger partial charge in [0.05, 0.1) is 0 Å². The number of nitrogens with one attached hydrogen (secondary N) is 1. The molecule has 0 aromatic heterocycles. The lowest BCUT2D eigenvalue weighted by atomic mass is 10.0. The van der Waals surface area contributed by atoms with Crippen molar-refractivity contribution in [2.45, 2.75) is 32.7 Å². The Balaban J connectivity index is 2.18. The first-order valence-corrected chi connectivity index (χ1v) is 8.24. The van der Waals surface area contributed by atoms with Crippen molar-refractivity contribution in [1.82, 2.24) is 4.90 Å². The predicted octanol–water partition coefficient (Wildman–Crippen LogP) is 4.41. The van der Waals surface area contributed by atoms with Crippen LogP contribution in [0, 0.1) is 6.92 Å². The summed E-state index contributed by atoms with van der Waals surface area (Å²) >= 11 is 0. The van der Waals surface area contributed by atoms with Crippen molar-refractivity contribution in [2.75, 3.05) is 18.9 Å². The number of carbonyl (C=O) groups is 1. The first kappa shape index (κ1) is 17.2. The van der Waals surface area contributed by atoms with Crippen LogP contribution in [0.2, 0.25) is 0 Å². The zero-order valence-corrected chi connectivity index (χ0v) is 14.3. The monoisotopic (exact) mass is 310 g/mol. The molecule has 0 bridgehead atoms. The van der Waals surface area contributed by atoms with Crippen LogP contribution in [0.1, 0.15) is 36.9 Å². The lowest BCUT2D eigenvalue weighted by Crippen LogP contribution is -2.35. The highest BCUT2D eigenvalue weighted by Gasteiger charge is 2.24. The van der Waals surface area contributed by atoms with Gasteiger partial charge in [0, 0.05) is 5.69 Å². The predicted molar refractivity (Wildman–Crippen MR) is 96.5 cm³/mol. The zero-order valence-electron chi connectivity index (χ0n) is 14.3. The van der Waals surface area contributed by atoms with Gasteiger partial charge in [-0.15, -0.1) is 0 Å². The summed E-state index contributed by atoms with van der Waals surface area (Å²) in [5.41, 5.74) is 3.05. The SMILES string of the molecule is CCCCN(C)[C@@H](C(=O)Nc1ccc(C)cc1)c1ccccc1. The Labute approximate surface area is 139 Å². The largest absolute Gasteiger partial charge is 0.324 e. The molecule has 0 heterocycles. The van der Waals surface area contributed by atoms with Crippen molar-refractivity contribution in [3.05, 3.63) is 65.7 Å². The van der Waals surface area contributed by atoms with Gasteiger partial charge in [0.25, 0.3) is 0 Å². The average Bonchev–Trinajstić information content (AvgIpc) is 2.56. The minimum Gasteiger partial charge on any atom is -0.324 e. The normalized spacial score (nSPS) is 12.2. The van der Waals surface area contributed by atoms with Crippen LogP contribution in [-0.4, -0.2) is 24.4 Å². The summed E-state index contributed by atoms with van der Waals surface area (Å²) < 4.78 is 0. The molecule has 0 spiro atoms. The van der Waals surface area contributed by atoms with E-state index in [1.807, 2.05) is 68.6 Å². The number of likely N-dealkylation sites (N-methyl/N-ethyl adjacent to an activating group) is 1. The molecule has 1 N–H and O–H groups in total. The highest BCUT2D eigenvalue weighted by atomic mass is 16.2. The van der Waals surface area contributed by atoms with Crippen molar-refractivity contribution in [2.24, 2.45) is 0 Å². The van der Waals surface area contributed by atoms with Gasteiger partial charge in [-0.1, -0.05) is 61.4 Å². The van der Waals surface area contributed by atoms with Crippen LogP contribution in [0.4, 0.5) is 5.69 Å². The summed E-state index contributed by atoms with van der Waals surface area (Å²) in [6.45, 7) is 5.10. The topological polar surface area (TPSA) is 32.3 Å². The number of hydrogen-bond donors (Lipinski definition) is 1. The fourth-order valence-corrected chi connectivity index (χ4v) is 2.63. The number of unbranched alkanes of at least 4 members (excludes halogenated alkanes) is 1. The Hall–Kier alpha value is -2.13. The molecule has 0 aliphatic rings. The molecule has 0 aliphatic heterocycles. The molecule has 1 atom stereocenters. The van der Waals surface area contributed by atoms with Gasteiger partial charge in [-0.25, -0.2) is 0 Å². The van der Waals surface area contributed by atoms with E-state index >= 15 is 0 Å². The Bertz CT molecular complexity index is 607. The van der Waals surface area contributed by atoms with Crippen LogP contribution in [0.3, 0.4) is 0 Å². The lowest BCUT2D eigenvalue weighted by Gasteiger charge is -2.27. The second-order valence-electron chi connectivity index (χ2n) is 6.00. The van der Waals surface area contributed by atoms with Crippen LogP contribution in [0.25, 0.3) is 0 Å². The maximum atomic E-state index is 12.8. The van der Waals surface area contributed by atoms with Gasteiger partial charge >= 0.3 is 0 Å². The molecule has 2 aromatic rings. The Kier molecular flexibility index (Phi) is 6.36. The highest BCUT2D eigenvalue weighted by molar-refractivity contribution is 5.95. The number of nitrogens with zero attached hydrogens (tertiary/aromatic N) is 1. The van der Waals surface area contributed by atoms with Crippen molar-refractivity contribution in [1.29, 1.82) is 0 Å².